The fraction of sp³-hybridized carbons (Fsp3) is 0.440. The molecule has 1 saturated heterocycles. The van der Waals surface area contributed by atoms with E-state index in [-0.39, 0.29) is 37.0 Å². The van der Waals surface area contributed by atoms with Gasteiger partial charge in [0.1, 0.15) is 5.54 Å². The minimum atomic E-state index is -4.94. The molecule has 35 heavy (non-hydrogen) atoms. The van der Waals surface area contributed by atoms with Crippen molar-refractivity contribution in [2.24, 2.45) is 4.99 Å². The van der Waals surface area contributed by atoms with E-state index in [4.69, 9.17) is 4.74 Å². The van der Waals surface area contributed by atoms with Crippen LogP contribution in [-0.2, 0) is 27.4 Å². The topological polar surface area (TPSA) is 50.7 Å². The Kier molecular flexibility index (Phi) is 6.56. The normalized spacial score (nSPS) is 25.9. The summed E-state index contributed by atoms with van der Waals surface area (Å²) in [7, 11) is 0. The number of piperidine rings is 1. The van der Waals surface area contributed by atoms with Gasteiger partial charge < -0.3 is 10.1 Å². The summed E-state index contributed by atoms with van der Waals surface area (Å²) in [6.45, 7) is 1.66. The number of Topliss-reactive ketones (excluding diaryl/α,β-unsaturated/α-hetero) is 1. The molecule has 10 heteroatoms. The van der Waals surface area contributed by atoms with Crippen molar-refractivity contribution in [3.63, 3.8) is 0 Å². The van der Waals surface area contributed by atoms with Gasteiger partial charge in [0, 0.05) is 19.2 Å². The number of carbonyl (C=O) groups is 1. The van der Waals surface area contributed by atoms with Crippen LogP contribution in [-0.4, -0.2) is 30.7 Å². The molecule has 0 bridgehead atoms. The lowest BCUT2D eigenvalue weighted by Gasteiger charge is -2.44. The third-order valence-corrected chi connectivity index (χ3v) is 6.80. The summed E-state index contributed by atoms with van der Waals surface area (Å²) in [5.41, 5.74) is -3.77. The lowest BCUT2D eigenvalue weighted by Crippen LogP contribution is -2.59. The Bertz CT molecular complexity index is 1070. The molecule has 0 aliphatic carbocycles. The maximum absolute atomic E-state index is 13.3. The summed E-state index contributed by atoms with van der Waals surface area (Å²) >= 11 is 0. The van der Waals surface area contributed by atoms with Gasteiger partial charge in [-0.2, -0.15) is 26.3 Å². The number of benzene rings is 2. The number of hydrogen-bond donors (Lipinski definition) is 1. The molecule has 188 valence electrons. The summed E-state index contributed by atoms with van der Waals surface area (Å²) in [4.78, 5) is 16.8. The average Bonchev–Trinajstić information content (AvgIpc) is 3.17. The Morgan fingerprint density at radius 3 is 2.11 bits per heavy atom. The van der Waals surface area contributed by atoms with E-state index >= 15 is 0 Å². The predicted octanol–water partition coefficient (Wildman–Crippen LogP) is 5.86. The summed E-state index contributed by atoms with van der Waals surface area (Å²) in [6.07, 6.45) is -8.16. The van der Waals surface area contributed by atoms with Gasteiger partial charge in [-0.15, -0.1) is 0 Å². The SMILES string of the molecule is C[C@@H](OC[C@@]1(c2ccccc2)CC[C@@]2(CN1)N=CCC2=O)c1cc(C(F)(F)F)cc(C(F)(F)F)c1. The van der Waals surface area contributed by atoms with Crippen molar-refractivity contribution < 1.29 is 35.9 Å². The van der Waals surface area contributed by atoms with Crippen molar-refractivity contribution >= 4 is 12.0 Å². The second-order valence-electron chi connectivity index (χ2n) is 9.06. The molecule has 2 aromatic rings. The van der Waals surface area contributed by atoms with Crippen LogP contribution < -0.4 is 5.32 Å². The number of hydrogen-bond acceptors (Lipinski definition) is 4. The summed E-state index contributed by atoms with van der Waals surface area (Å²) in [5, 5.41) is 3.37. The van der Waals surface area contributed by atoms with E-state index < -0.39 is 40.7 Å². The molecule has 2 heterocycles. The van der Waals surface area contributed by atoms with E-state index in [9.17, 15) is 31.1 Å². The van der Waals surface area contributed by atoms with Crippen LogP contribution in [0.4, 0.5) is 26.3 Å². The Labute approximate surface area is 198 Å². The van der Waals surface area contributed by atoms with Gasteiger partial charge in [-0.1, -0.05) is 30.3 Å². The predicted molar refractivity (Wildman–Crippen MR) is 117 cm³/mol. The van der Waals surface area contributed by atoms with E-state index in [1.807, 2.05) is 30.3 Å². The minimum absolute atomic E-state index is 0.0181. The molecule has 0 unspecified atom stereocenters. The van der Waals surface area contributed by atoms with Crippen LogP contribution in [0.3, 0.4) is 0 Å². The summed E-state index contributed by atoms with van der Waals surface area (Å²) in [6, 6.07) is 10.7. The molecule has 0 saturated carbocycles. The highest BCUT2D eigenvalue weighted by Gasteiger charge is 2.48. The number of halogens is 6. The highest BCUT2D eigenvalue weighted by molar-refractivity contribution is 6.03. The molecule has 0 amide bonds. The summed E-state index contributed by atoms with van der Waals surface area (Å²) < 4.78 is 85.6. The van der Waals surface area contributed by atoms with Crippen LogP contribution in [0, 0.1) is 0 Å². The van der Waals surface area contributed by atoms with Crippen LogP contribution in [0.1, 0.15) is 54.5 Å². The molecule has 3 atom stereocenters. The van der Waals surface area contributed by atoms with Crippen LogP contribution >= 0.6 is 0 Å². The molecule has 0 radical (unpaired) electrons. The van der Waals surface area contributed by atoms with Crippen molar-refractivity contribution in [1.29, 1.82) is 0 Å². The third-order valence-electron chi connectivity index (χ3n) is 6.80. The zero-order valence-electron chi connectivity index (χ0n) is 18.8. The van der Waals surface area contributed by atoms with Gasteiger partial charge in [0.2, 0.25) is 0 Å². The molecule has 4 nitrogen and oxygen atoms in total. The summed E-state index contributed by atoms with van der Waals surface area (Å²) in [5.74, 6) is 0.0181. The number of rotatable bonds is 5. The zero-order valence-corrected chi connectivity index (χ0v) is 18.8. The van der Waals surface area contributed by atoms with E-state index in [1.54, 1.807) is 6.21 Å². The van der Waals surface area contributed by atoms with Gasteiger partial charge in [-0.25, -0.2) is 0 Å². The van der Waals surface area contributed by atoms with Gasteiger partial charge in [-0.05, 0) is 49.1 Å². The fourth-order valence-electron chi connectivity index (χ4n) is 4.61. The number of nitrogens with one attached hydrogen (secondary N) is 1. The van der Waals surface area contributed by atoms with Crippen molar-refractivity contribution in [2.75, 3.05) is 13.2 Å². The zero-order chi connectivity index (χ0) is 25.5. The second-order valence-corrected chi connectivity index (χ2v) is 9.06. The number of ketones is 1. The third kappa shape index (κ3) is 5.13. The highest BCUT2D eigenvalue weighted by atomic mass is 19.4. The molecule has 2 aliphatic rings. The van der Waals surface area contributed by atoms with Gasteiger partial charge in [0.15, 0.2) is 5.78 Å². The van der Waals surface area contributed by atoms with E-state index in [0.29, 0.717) is 25.0 Å². The first kappa shape index (κ1) is 25.4. The van der Waals surface area contributed by atoms with E-state index in [0.717, 1.165) is 5.56 Å². The van der Waals surface area contributed by atoms with Crippen LogP contribution in [0.5, 0.6) is 0 Å². The lowest BCUT2D eigenvalue weighted by atomic mass is 9.75. The first-order chi connectivity index (χ1) is 16.3. The van der Waals surface area contributed by atoms with Gasteiger partial charge in [0.25, 0.3) is 0 Å². The van der Waals surface area contributed by atoms with Crippen molar-refractivity contribution in [3.05, 3.63) is 70.8 Å². The molecule has 1 spiro atoms. The molecule has 2 aliphatic heterocycles. The monoisotopic (exact) mass is 498 g/mol. The average molecular weight is 498 g/mol. The molecule has 0 aromatic heterocycles. The fourth-order valence-corrected chi connectivity index (χ4v) is 4.61. The van der Waals surface area contributed by atoms with E-state index in [1.165, 1.54) is 6.92 Å². The lowest BCUT2D eigenvalue weighted by molar-refractivity contribution is -0.143. The first-order valence-corrected chi connectivity index (χ1v) is 11.1. The Balaban J connectivity index is 1.59. The second kappa shape index (κ2) is 9.05. The van der Waals surface area contributed by atoms with Crippen molar-refractivity contribution in [3.8, 4) is 0 Å². The number of aliphatic imine (C=N–C) groups is 1. The van der Waals surface area contributed by atoms with Gasteiger partial charge in [0.05, 0.1) is 29.4 Å². The minimum Gasteiger partial charge on any atom is -0.372 e. The standard InChI is InChI=1S/C25H24F6N2O2/c1-16(17-11-19(24(26,27)28)13-20(12-17)25(29,30)31)35-15-23(18-5-3-2-4-6-18)9-8-22(14-33-23)21(34)7-10-32-22/h2-6,10-13,16,33H,7-9,14-15H2,1H3/t16-,22+,23-/m1/s1. The first-order valence-electron chi connectivity index (χ1n) is 11.1. The Hall–Kier alpha value is -2.72. The molecule has 4 rings (SSSR count). The van der Waals surface area contributed by atoms with Crippen molar-refractivity contribution in [1.82, 2.24) is 5.32 Å². The molecule has 2 aromatic carbocycles. The number of nitrogens with zero attached hydrogens (tertiary/aromatic N) is 1. The number of ether oxygens (including phenoxy) is 1. The maximum Gasteiger partial charge on any atom is 0.416 e. The van der Waals surface area contributed by atoms with Crippen LogP contribution in [0.2, 0.25) is 0 Å². The highest BCUT2D eigenvalue weighted by Crippen LogP contribution is 2.41. The molecule has 1 N–H and O–H groups in total. The smallest absolute Gasteiger partial charge is 0.372 e. The molecule has 1 fully saturated rings. The molecular formula is C25H24F6N2O2. The van der Waals surface area contributed by atoms with E-state index in [2.05, 4.69) is 10.3 Å². The Morgan fingerprint density at radius 2 is 1.63 bits per heavy atom. The maximum atomic E-state index is 13.3. The quantitative estimate of drug-likeness (QED) is 0.526. The van der Waals surface area contributed by atoms with Gasteiger partial charge >= 0.3 is 12.4 Å². The van der Waals surface area contributed by atoms with Crippen LogP contribution in [0.15, 0.2) is 53.5 Å². The molecular weight excluding hydrogens is 474 g/mol. The van der Waals surface area contributed by atoms with Crippen molar-refractivity contribution in [2.45, 2.75) is 55.7 Å². The Morgan fingerprint density at radius 1 is 1.00 bits per heavy atom. The number of carbonyl (C=O) groups excluding carboxylic acids is 1. The number of alkyl halides is 6. The largest absolute Gasteiger partial charge is 0.416 e. The van der Waals surface area contributed by atoms with Gasteiger partial charge in [-0.3, -0.25) is 9.79 Å². The van der Waals surface area contributed by atoms with Crippen LogP contribution in [0.25, 0.3) is 0 Å².